The molecule has 0 saturated carbocycles. The number of nitrogens with one attached hydrogen (secondary N) is 1. The minimum Gasteiger partial charge on any atom is -0.481 e. The molecule has 20 nitrogen and oxygen atoms in total. The molecule has 14 N–H and O–H groups in total. The Morgan fingerprint density at radius 3 is 1.89 bits per heavy atom. The lowest BCUT2D eigenvalue weighted by Crippen LogP contribution is -2.61. The predicted octanol–water partition coefficient (Wildman–Crippen LogP) is 3.57. The maximum absolute atomic E-state index is 13.3. The van der Waals surface area contributed by atoms with E-state index in [2.05, 4.69) is 5.32 Å². The van der Waals surface area contributed by atoms with E-state index in [0.29, 0.717) is 12.0 Å². The highest BCUT2D eigenvalue weighted by Gasteiger charge is 2.51. The molecule has 1 aromatic carbocycles. The fourth-order valence-corrected chi connectivity index (χ4v) is 10.1. The summed E-state index contributed by atoms with van der Waals surface area (Å²) in [6, 6.07) is 5.82. The number of ketones is 1. The van der Waals surface area contributed by atoms with E-state index in [9.17, 15) is 70.6 Å². The van der Waals surface area contributed by atoms with Crippen molar-refractivity contribution in [1.29, 1.82) is 0 Å². The molecular weight excluding hydrogens is 1020 g/mol. The number of benzene rings is 1. The van der Waals surface area contributed by atoms with E-state index in [4.69, 9.17) is 24.7 Å². The molecule has 3 aliphatic rings. The largest absolute Gasteiger partial charge is 0.481 e. The van der Waals surface area contributed by atoms with Gasteiger partial charge < -0.3 is 86.2 Å². The molecule has 1 aromatic rings. The van der Waals surface area contributed by atoms with Gasteiger partial charge in [-0.05, 0) is 88.5 Å². The number of allylic oxidation sites excluding steroid dienone is 12. The number of fused-ring (bicyclic) bond motifs is 2. The Morgan fingerprint density at radius 1 is 0.747 bits per heavy atom. The van der Waals surface area contributed by atoms with Gasteiger partial charge in [0.15, 0.2) is 17.9 Å². The van der Waals surface area contributed by atoms with Gasteiger partial charge in [0.05, 0.1) is 79.6 Å². The van der Waals surface area contributed by atoms with Gasteiger partial charge in [-0.2, -0.15) is 0 Å². The topological polar surface area (TPSA) is 349 Å². The molecule has 0 radical (unpaired) electrons. The Hall–Kier alpha value is -4.75. The third-order valence-corrected chi connectivity index (χ3v) is 14.5. The smallest absolute Gasteiger partial charge is 0.311 e. The number of rotatable bonds is 11. The average molecular weight is 1110 g/mol. The van der Waals surface area contributed by atoms with Gasteiger partial charge in [0, 0.05) is 49.9 Å². The van der Waals surface area contributed by atoms with Gasteiger partial charge in [-0.25, -0.2) is 0 Å². The molecule has 19 atom stereocenters. The molecular formula is C59H88N2O18. The second kappa shape index (κ2) is 33.9. The summed E-state index contributed by atoms with van der Waals surface area (Å²) in [4.78, 5) is 38.8. The summed E-state index contributed by atoms with van der Waals surface area (Å²) >= 11 is 0. The van der Waals surface area contributed by atoms with Crippen LogP contribution in [0.5, 0.6) is 0 Å². The number of nitrogens with two attached hydrogens (primary N) is 1. The molecule has 4 rings (SSSR count). The van der Waals surface area contributed by atoms with Crippen LogP contribution in [0.3, 0.4) is 0 Å². The number of aliphatic carboxylic acids is 1. The van der Waals surface area contributed by atoms with Gasteiger partial charge in [0.25, 0.3) is 0 Å². The van der Waals surface area contributed by atoms with Crippen LogP contribution in [0.2, 0.25) is 0 Å². The molecule has 2 fully saturated rings. The summed E-state index contributed by atoms with van der Waals surface area (Å²) in [5, 5.41) is 122. The summed E-state index contributed by atoms with van der Waals surface area (Å²) in [7, 11) is 1.78. The summed E-state index contributed by atoms with van der Waals surface area (Å²) < 4.78 is 23.8. The summed E-state index contributed by atoms with van der Waals surface area (Å²) in [5.41, 5.74) is 7.39. The SMILES string of the molecule is CNc1ccc(C(=O)CC(O)CCC(C)C2OC(=O)CC(O)CC(O)CCCC(O)CC(O)CC(O)CC3(O)CC(O)C(C(=O)O)C(CC(OC4OC(C)C(O)C(N)C4O)C=CC=CC=CC=CC=CC=CC=CC2C)O3)cc1. The Bertz CT molecular complexity index is 2220. The molecule has 442 valence electrons. The number of cyclic esters (lactones) is 1. The molecule has 19 unspecified atom stereocenters. The zero-order chi connectivity index (χ0) is 58.2. The van der Waals surface area contributed by atoms with Gasteiger partial charge in [-0.1, -0.05) is 98.9 Å². The first-order valence-corrected chi connectivity index (χ1v) is 27.5. The Labute approximate surface area is 463 Å². The highest BCUT2D eigenvalue weighted by Crippen LogP contribution is 2.38. The maximum atomic E-state index is 13.3. The van der Waals surface area contributed by atoms with Gasteiger partial charge in [-0.3, -0.25) is 14.4 Å². The fourth-order valence-electron chi connectivity index (χ4n) is 10.1. The number of aliphatic hydroxyl groups excluding tert-OH is 9. The molecule has 3 heterocycles. The molecule has 0 spiro atoms. The van der Waals surface area contributed by atoms with Crippen molar-refractivity contribution >= 4 is 23.4 Å². The van der Waals surface area contributed by atoms with Gasteiger partial charge in [-0.15, -0.1) is 0 Å². The first kappa shape index (κ1) is 66.8. The predicted molar refractivity (Wildman–Crippen MR) is 295 cm³/mol. The lowest BCUT2D eigenvalue weighted by atomic mass is 9.82. The van der Waals surface area contributed by atoms with Crippen LogP contribution in [0.25, 0.3) is 0 Å². The van der Waals surface area contributed by atoms with Crippen molar-refractivity contribution in [3.8, 4) is 0 Å². The number of carboxylic acid groups (broad SMARTS) is 1. The minimum absolute atomic E-state index is 0.0782. The Morgan fingerprint density at radius 2 is 1.30 bits per heavy atom. The van der Waals surface area contributed by atoms with Crippen molar-refractivity contribution in [2.45, 2.75) is 202 Å². The molecule has 79 heavy (non-hydrogen) atoms. The van der Waals surface area contributed by atoms with Crippen LogP contribution in [0, 0.1) is 17.8 Å². The minimum atomic E-state index is -2.29. The quantitative estimate of drug-likeness (QED) is 0.111. The van der Waals surface area contributed by atoms with E-state index in [1.54, 1.807) is 92.1 Å². The number of Topliss-reactive ketones (excluding diaryl/α,β-unsaturated/α-hetero) is 1. The highest BCUT2D eigenvalue weighted by molar-refractivity contribution is 5.96. The van der Waals surface area contributed by atoms with E-state index in [1.807, 2.05) is 32.1 Å². The number of aliphatic hydroxyl groups is 10. The molecule has 3 aliphatic heterocycles. The Kier molecular flexibility index (Phi) is 28.6. The van der Waals surface area contributed by atoms with Crippen molar-refractivity contribution in [3.63, 3.8) is 0 Å². The first-order chi connectivity index (χ1) is 37.5. The highest BCUT2D eigenvalue weighted by atomic mass is 16.7. The number of hydrogen-bond acceptors (Lipinski definition) is 19. The maximum Gasteiger partial charge on any atom is 0.311 e. The number of esters is 1. The van der Waals surface area contributed by atoms with Gasteiger partial charge in [0.2, 0.25) is 0 Å². The lowest BCUT2D eigenvalue weighted by Gasteiger charge is -2.45. The number of carboxylic acids is 1. The van der Waals surface area contributed by atoms with Crippen LogP contribution >= 0.6 is 0 Å². The van der Waals surface area contributed by atoms with E-state index in [0.717, 1.165) is 5.69 Å². The summed E-state index contributed by atoms with van der Waals surface area (Å²) in [5.74, 6) is -6.77. The molecule has 0 amide bonds. The summed E-state index contributed by atoms with van der Waals surface area (Å²) in [6.45, 7) is 5.31. The second-order valence-corrected chi connectivity index (χ2v) is 21.4. The van der Waals surface area contributed by atoms with Crippen molar-refractivity contribution in [2.24, 2.45) is 23.5 Å². The number of hydrogen-bond donors (Lipinski definition) is 13. The third kappa shape index (κ3) is 23.3. The van der Waals surface area contributed by atoms with Crippen molar-refractivity contribution in [2.75, 3.05) is 12.4 Å². The zero-order valence-electron chi connectivity index (χ0n) is 45.8. The number of carbonyl (C=O) groups is 3. The zero-order valence-corrected chi connectivity index (χ0v) is 45.8. The number of anilines is 1. The second-order valence-electron chi connectivity index (χ2n) is 21.4. The molecule has 2 saturated heterocycles. The number of carbonyl (C=O) groups excluding carboxylic acids is 2. The van der Waals surface area contributed by atoms with E-state index >= 15 is 0 Å². The van der Waals surface area contributed by atoms with Crippen LogP contribution in [0.4, 0.5) is 5.69 Å². The van der Waals surface area contributed by atoms with E-state index < -0.39 is 135 Å². The molecule has 0 aliphatic carbocycles. The van der Waals surface area contributed by atoms with E-state index in [-0.39, 0.29) is 75.4 Å². The van der Waals surface area contributed by atoms with Gasteiger partial charge in [0.1, 0.15) is 18.1 Å². The monoisotopic (exact) mass is 1110 g/mol. The molecule has 0 aromatic heterocycles. The number of ether oxygens (including phenoxy) is 4. The molecule has 2 bridgehead atoms. The van der Waals surface area contributed by atoms with E-state index in [1.165, 1.54) is 13.0 Å². The van der Waals surface area contributed by atoms with Crippen LogP contribution in [-0.4, -0.2) is 178 Å². The average Bonchev–Trinajstić information content (AvgIpc) is 3.40. The van der Waals surface area contributed by atoms with Crippen LogP contribution in [0.15, 0.2) is 109 Å². The van der Waals surface area contributed by atoms with Crippen molar-refractivity contribution in [3.05, 3.63) is 115 Å². The standard InChI is InChI=1S/C59H88N2O18/c1-36-18-15-13-11-9-7-5-6-8-10-12-14-16-21-47(77-58-55(72)53(60)54(71)38(3)76-58)33-50-52(57(73)74)49(69)35-59(75,79-50)34-46(67)30-44(65)28-41(62)19-17-20-42(63)29-45(66)32-51(70)78-56(36)37(2)22-27-43(64)31-48(68)39-23-25-40(61-4)26-24-39/h5-16,18,21,23-26,36-38,41-47,49-50,52-56,58,61-67,69,71-72,75H,17,19-20,22,27-35,60H2,1-4H3,(H,73,74). The van der Waals surface area contributed by atoms with Gasteiger partial charge >= 0.3 is 11.9 Å². The lowest BCUT2D eigenvalue weighted by molar-refractivity contribution is -0.308. The summed E-state index contributed by atoms with van der Waals surface area (Å²) in [6.07, 6.45) is 6.09. The molecule has 20 heteroatoms. The Balaban J connectivity index is 1.52. The van der Waals surface area contributed by atoms with Crippen molar-refractivity contribution in [1.82, 2.24) is 0 Å². The third-order valence-electron chi connectivity index (χ3n) is 14.5. The fraction of sp³-hybridized carbons (Fsp3) is 0.610. The first-order valence-electron chi connectivity index (χ1n) is 27.5. The van der Waals surface area contributed by atoms with Crippen LogP contribution in [0.1, 0.15) is 115 Å². The normalized spacial score (nSPS) is 35.5. The van der Waals surface area contributed by atoms with Crippen molar-refractivity contribution < 1.29 is 89.5 Å². The van der Waals surface area contributed by atoms with Crippen LogP contribution < -0.4 is 11.1 Å². The van der Waals surface area contributed by atoms with Crippen LogP contribution in [-0.2, 0) is 28.5 Å².